The molecule has 5 heteroatoms. The average Bonchev–Trinajstić information content (AvgIpc) is 2.78. The summed E-state index contributed by atoms with van der Waals surface area (Å²) in [6, 6.07) is -0.283. The summed E-state index contributed by atoms with van der Waals surface area (Å²) in [6.45, 7) is 1.75. The summed E-state index contributed by atoms with van der Waals surface area (Å²) in [5, 5.41) is 0. The number of hydrogen-bond donors (Lipinski definition) is 0. The quantitative estimate of drug-likeness (QED) is 0.697. The molecule has 1 saturated carbocycles. The minimum Gasteiger partial charge on any atom is -0.331 e. The number of amides is 1. The largest absolute Gasteiger partial charge is 0.406 e. The average molecular weight is 209 g/mol. The van der Waals surface area contributed by atoms with Crippen LogP contribution in [-0.2, 0) is 4.79 Å². The van der Waals surface area contributed by atoms with Gasteiger partial charge in [0.2, 0.25) is 5.91 Å². The molecule has 0 aromatic heterocycles. The molecular formula is C9H14F3NO. The standard InChI is InChI=1S/C9H14F3NO/c1-6(8-3-4-8)13(7(2)14)5-9(10,11)12/h6,8H,3-5H2,1-2H3. The van der Waals surface area contributed by atoms with E-state index in [0.29, 0.717) is 0 Å². The first-order chi connectivity index (χ1) is 6.31. The van der Waals surface area contributed by atoms with Crippen molar-refractivity contribution in [1.82, 2.24) is 4.90 Å². The van der Waals surface area contributed by atoms with Gasteiger partial charge in [0.1, 0.15) is 6.54 Å². The zero-order chi connectivity index (χ0) is 10.9. The molecule has 0 aromatic rings. The molecule has 0 N–H and O–H groups in total. The van der Waals surface area contributed by atoms with E-state index in [2.05, 4.69) is 0 Å². The first-order valence-electron chi connectivity index (χ1n) is 4.65. The van der Waals surface area contributed by atoms with Crippen LogP contribution in [0.2, 0.25) is 0 Å². The Bertz CT molecular complexity index is 223. The summed E-state index contributed by atoms with van der Waals surface area (Å²) in [5.41, 5.74) is 0. The Morgan fingerprint density at radius 1 is 1.50 bits per heavy atom. The van der Waals surface area contributed by atoms with Crippen LogP contribution < -0.4 is 0 Å². The van der Waals surface area contributed by atoms with Gasteiger partial charge in [0.15, 0.2) is 0 Å². The minimum absolute atomic E-state index is 0.265. The summed E-state index contributed by atoms with van der Waals surface area (Å²) in [7, 11) is 0. The summed E-state index contributed by atoms with van der Waals surface area (Å²) >= 11 is 0. The van der Waals surface area contributed by atoms with E-state index in [4.69, 9.17) is 0 Å². The third kappa shape index (κ3) is 3.20. The lowest BCUT2D eigenvalue weighted by atomic mass is 10.2. The highest BCUT2D eigenvalue weighted by Gasteiger charge is 2.39. The molecule has 1 rings (SSSR count). The fourth-order valence-corrected chi connectivity index (χ4v) is 1.57. The molecule has 1 atom stereocenters. The SMILES string of the molecule is CC(=O)N(CC(F)(F)F)C(C)C1CC1. The summed E-state index contributed by atoms with van der Waals surface area (Å²) in [4.78, 5) is 11.9. The van der Waals surface area contributed by atoms with Crippen molar-refractivity contribution in [2.45, 2.75) is 38.9 Å². The topological polar surface area (TPSA) is 20.3 Å². The van der Waals surface area contributed by atoms with E-state index in [9.17, 15) is 18.0 Å². The van der Waals surface area contributed by atoms with Crippen LogP contribution in [0.15, 0.2) is 0 Å². The van der Waals surface area contributed by atoms with Gasteiger partial charge in [0.05, 0.1) is 0 Å². The Morgan fingerprint density at radius 2 is 2.00 bits per heavy atom. The second-order valence-corrected chi connectivity index (χ2v) is 3.84. The molecule has 0 bridgehead atoms. The molecule has 1 amide bonds. The van der Waals surface area contributed by atoms with Crippen molar-refractivity contribution in [2.24, 2.45) is 5.92 Å². The van der Waals surface area contributed by atoms with Crippen molar-refractivity contribution < 1.29 is 18.0 Å². The molecule has 14 heavy (non-hydrogen) atoms. The van der Waals surface area contributed by atoms with Crippen molar-refractivity contribution in [3.63, 3.8) is 0 Å². The maximum atomic E-state index is 12.1. The van der Waals surface area contributed by atoms with E-state index in [1.165, 1.54) is 6.92 Å². The van der Waals surface area contributed by atoms with Gasteiger partial charge in [-0.15, -0.1) is 0 Å². The normalized spacial score (nSPS) is 19.2. The lowest BCUT2D eigenvalue weighted by molar-refractivity contribution is -0.164. The Hall–Kier alpha value is -0.740. The molecule has 0 spiro atoms. The molecule has 2 nitrogen and oxygen atoms in total. The maximum absolute atomic E-state index is 12.1. The number of halogens is 3. The third-order valence-corrected chi connectivity index (χ3v) is 2.55. The van der Waals surface area contributed by atoms with Gasteiger partial charge in [-0.3, -0.25) is 4.79 Å². The van der Waals surface area contributed by atoms with Gasteiger partial charge in [0, 0.05) is 13.0 Å². The van der Waals surface area contributed by atoms with Crippen molar-refractivity contribution in [2.75, 3.05) is 6.54 Å². The van der Waals surface area contributed by atoms with Crippen LogP contribution in [0.1, 0.15) is 26.7 Å². The fraction of sp³-hybridized carbons (Fsp3) is 0.889. The molecule has 1 aliphatic carbocycles. The molecule has 0 saturated heterocycles. The van der Waals surface area contributed by atoms with Crippen LogP contribution in [-0.4, -0.2) is 29.6 Å². The molecule has 1 fully saturated rings. The van der Waals surface area contributed by atoms with Crippen LogP contribution in [0, 0.1) is 5.92 Å². The molecule has 1 aliphatic rings. The number of rotatable bonds is 3. The summed E-state index contributed by atoms with van der Waals surface area (Å²) in [6.07, 6.45) is -2.43. The number of carbonyl (C=O) groups is 1. The second-order valence-electron chi connectivity index (χ2n) is 3.84. The number of hydrogen-bond acceptors (Lipinski definition) is 1. The molecule has 0 heterocycles. The van der Waals surface area contributed by atoms with Crippen LogP contribution >= 0.6 is 0 Å². The van der Waals surface area contributed by atoms with E-state index in [0.717, 1.165) is 17.7 Å². The third-order valence-electron chi connectivity index (χ3n) is 2.55. The highest BCUT2D eigenvalue weighted by atomic mass is 19.4. The van der Waals surface area contributed by atoms with E-state index in [1.54, 1.807) is 6.92 Å². The Kier molecular flexibility index (Phi) is 3.07. The van der Waals surface area contributed by atoms with Crippen molar-refractivity contribution >= 4 is 5.91 Å². The molecule has 82 valence electrons. The molecule has 1 unspecified atom stereocenters. The maximum Gasteiger partial charge on any atom is 0.406 e. The predicted molar refractivity (Wildman–Crippen MR) is 45.6 cm³/mol. The lowest BCUT2D eigenvalue weighted by Crippen LogP contribution is -2.44. The van der Waals surface area contributed by atoms with Crippen LogP contribution in [0.25, 0.3) is 0 Å². The van der Waals surface area contributed by atoms with Crippen molar-refractivity contribution in [3.05, 3.63) is 0 Å². The van der Waals surface area contributed by atoms with Gasteiger partial charge in [-0.25, -0.2) is 0 Å². The van der Waals surface area contributed by atoms with Gasteiger partial charge in [-0.05, 0) is 25.7 Å². The Balaban J connectivity index is 2.58. The van der Waals surface area contributed by atoms with E-state index in [1.807, 2.05) is 0 Å². The van der Waals surface area contributed by atoms with Gasteiger partial charge in [-0.1, -0.05) is 0 Å². The first kappa shape index (κ1) is 11.3. The first-order valence-corrected chi connectivity index (χ1v) is 4.65. The smallest absolute Gasteiger partial charge is 0.331 e. The number of carbonyl (C=O) groups excluding carboxylic acids is 1. The van der Waals surface area contributed by atoms with E-state index < -0.39 is 18.6 Å². The summed E-state index contributed by atoms with van der Waals surface area (Å²) < 4.78 is 36.3. The number of nitrogens with zero attached hydrogens (tertiary/aromatic N) is 1. The molecular weight excluding hydrogens is 195 g/mol. The highest BCUT2D eigenvalue weighted by molar-refractivity contribution is 5.73. The van der Waals surface area contributed by atoms with E-state index >= 15 is 0 Å². The summed E-state index contributed by atoms with van der Waals surface area (Å²) in [5.74, 6) is -0.233. The molecule has 0 aliphatic heterocycles. The van der Waals surface area contributed by atoms with E-state index in [-0.39, 0.29) is 12.0 Å². The van der Waals surface area contributed by atoms with Gasteiger partial charge >= 0.3 is 6.18 Å². The molecule has 0 aromatic carbocycles. The van der Waals surface area contributed by atoms with Crippen LogP contribution in [0.4, 0.5) is 13.2 Å². The van der Waals surface area contributed by atoms with Gasteiger partial charge in [0.25, 0.3) is 0 Å². The monoisotopic (exact) mass is 209 g/mol. The van der Waals surface area contributed by atoms with Crippen LogP contribution in [0.5, 0.6) is 0 Å². The number of alkyl halides is 3. The molecule has 0 radical (unpaired) electrons. The zero-order valence-electron chi connectivity index (χ0n) is 8.27. The van der Waals surface area contributed by atoms with Gasteiger partial charge in [-0.2, -0.15) is 13.2 Å². The van der Waals surface area contributed by atoms with Crippen LogP contribution in [0.3, 0.4) is 0 Å². The predicted octanol–water partition coefficient (Wildman–Crippen LogP) is 2.20. The zero-order valence-corrected chi connectivity index (χ0v) is 8.27. The lowest BCUT2D eigenvalue weighted by Gasteiger charge is -2.29. The van der Waals surface area contributed by atoms with Gasteiger partial charge < -0.3 is 4.90 Å². The second kappa shape index (κ2) is 3.79. The minimum atomic E-state index is -4.30. The fourth-order valence-electron chi connectivity index (χ4n) is 1.57. The highest BCUT2D eigenvalue weighted by Crippen LogP contribution is 2.36. The van der Waals surface area contributed by atoms with Crippen molar-refractivity contribution in [1.29, 1.82) is 0 Å². The Morgan fingerprint density at radius 3 is 2.29 bits per heavy atom. The van der Waals surface area contributed by atoms with Crippen molar-refractivity contribution in [3.8, 4) is 0 Å². The Labute approximate surface area is 81.1 Å².